The minimum absolute atomic E-state index is 0.0779. The fourth-order valence-electron chi connectivity index (χ4n) is 9.89. The zero-order valence-corrected chi connectivity index (χ0v) is 44.6. The molecule has 4 aromatic heterocycles. The number of aliphatic imine (C=N–C) groups is 2. The topological polar surface area (TPSA) is 283 Å². The number of hydrogen-bond acceptors (Lipinski definition) is 20. The Morgan fingerprint density at radius 2 is 1.12 bits per heavy atom. The summed E-state index contributed by atoms with van der Waals surface area (Å²) in [4.78, 5) is 36.3. The molecule has 20 nitrogen and oxygen atoms in total. The van der Waals surface area contributed by atoms with E-state index in [-0.39, 0.29) is 37.4 Å². The molecule has 0 saturated heterocycles. The van der Waals surface area contributed by atoms with Crippen molar-refractivity contribution in [2.45, 2.75) is 118 Å². The molecule has 0 radical (unpaired) electrons. The summed E-state index contributed by atoms with van der Waals surface area (Å²) in [5.74, 6) is 7.64. The molecule has 6 N–H and O–H groups in total. The average Bonchev–Trinajstić information content (AvgIpc) is 3.52. The molecule has 390 valence electrons. The first-order chi connectivity index (χ1) is 35.3. The van der Waals surface area contributed by atoms with Crippen molar-refractivity contribution in [2.75, 3.05) is 23.8 Å². The molecule has 22 heteroatoms. The van der Waals surface area contributed by atoms with Gasteiger partial charge in [0, 0.05) is 47.7 Å². The third-order valence-electron chi connectivity index (χ3n) is 14.4. The number of hydrogen-bond donors (Lipinski definition) is 4. The first-order valence-corrected chi connectivity index (χ1v) is 27.1. The second-order valence-corrected chi connectivity index (χ2v) is 26.1. The minimum Gasteiger partial charge on any atom is -0.490 e. The monoisotopic (exact) mass is 1050 g/mol. The van der Waals surface area contributed by atoms with Gasteiger partial charge in [0.05, 0.1) is 40.0 Å². The Balaban J connectivity index is 0.000000184. The zero-order chi connectivity index (χ0) is 54.1. The van der Waals surface area contributed by atoms with Crippen molar-refractivity contribution >= 4 is 76.4 Å². The number of nitrogens with two attached hydrogens (primary N) is 2. The number of nitrogens with one attached hydrogen (secondary N) is 2. The number of terminal acetylenes is 2. The average molecular weight is 1060 g/mol. The van der Waals surface area contributed by atoms with Gasteiger partial charge in [-0.3, -0.25) is 9.98 Å². The Morgan fingerprint density at radius 1 is 0.667 bits per heavy atom. The number of fused-ring (bicyclic) bond motifs is 8. The van der Waals surface area contributed by atoms with E-state index in [1.54, 1.807) is 59.1 Å². The van der Waals surface area contributed by atoms with E-state index in [4.69, 9.17) is 53.2 Å². The lowest BCUT2D eigenvalue weighted by Crippen LogP contribution is -2.60. The number of anilines is 4. The number of benzene rings is 2. The Hall–Kier alpha value is -7.82. The normalized spacial score (nSPS) is 25.0. The number of nitrogens with zero attached hydrogens (tertiary/aromatic N) is 8. The van der Waals surface area contributed by atoms with E-state index in [0.717, 1.165) is 0 Å². The first kappa shape index (κ1) is 52.1. The molecule has 6 aromatic rings. The van der Waals surface area contributed by atoms with Crippen molar-refractivity contribution in [2.24, 2.45) is 21.5 Å². The molecule has 5 atom stereocenters. The van der Waals surface area contributed by atoms with Gasteiger partial charge in [-0.2, -0.15) is 0 Å². The van der Waals surface area contributed by atoms with Gasteiger partial charge < -0.3 is 41.0 Å². The van der Waals surface area contributed by atoms with Gasteiger partial charge in [-0.15, -0.1) is 12.8 Å². The fraction of sp³-hybridized carbons (Fsp3) is 0.396. The number of amidine groups is 2. The molecule has 75 heavy (non-hydrogen) atoms. The van der Waals surface area contributed by atoms with Gasteiger partial charge in [0.25, 0.3) is 0 Å². The standard InChI is InChI=1S/C27H30N6O4S.C26H28N6O4S/c1-7-12-36-21-15-30-22-18(32-21)10-11-29-23(22)31-16-8-9-19-17(13-16)27(6)20(14-25(2,3)37-19)38(34,35)26(4,5)24(28)33-27;1-6-11-35-21-14-29-22-18(31-21)9-10-28-23(22)30-16-7-8-19-17(13-16)26(5)20(12-15(2)36-19)37(33,34)25(3,4)24(27)32-26/h1,8-11,13,15,20H,12,14H2,2-6H3,(H2,28,33)(H,29,31);1,7-10,13-15,20H,11-12H2,2-5H3,(H2,27,32)(H,28,30)/t20-,27-;15-,20+,26+/m10/s1. The quantitative estimate of drug-likeness (QED) is 0.117. The molecule has 0 fully saturated rings. The molecule has 0 aliphatic carbocycles. The van der Waals surface area contributed by atoms with Gasteiger partial charge in [0.2, 0.25) is 11.8 Å². The van der Waals surface area contributed by atoms with Crippen LogP contribution < -0.4 is 41.0 Å². The van der Waals surface area contributed by atoms with Crippen molar-refractivity contribution < 1.29 is 35.8 Å². The molecular formula is C53H58N12O8S2. The van der Waals surface area contributed by atoms with Gasteiger partial charge in [0.1, 0.15) is 60.4 Å². The van der Waals surface area contributed by atoms with Crippen LogP contribution in [0.5, 0.6) is 23.3 Å². The Morgan fingerprint density at radius 3 is 1.61 bits per heavy atom. The van der Waals surface area contributed by atoms with Gasteiger partial charge in [-0.05, 0) is 111 Å². The SMILES string of the molecule is C#CCOc1cnc2c(Nc3ccc4c(c3)[C@@]3(C)N=C(N)C(C)(C)S(=O)(=O)[C@@H]3CC(C)(C)O4)nccc2n1.C#CCOc1cnc2c(Nc3ccc4c(c3)[C@@]3(C)N=C(N)C(C)(C)S(=O)(=O)[C@@H]3C[C@H](C)O4)nccc2n1. The van der Waals surface area contributed by atoms with E-state index in [1.807, 2.05) is 64.1 Å². The van der Waals surface area contributed by atoms with Gasteiger partial charge in [-0.25, -0.2) is 46.7 Å². The molecule has 0 unspecified atom stereocenters. The van der Waals surface area contributed by atoms with Gasteiger partial charge in [-0.1, -0.05) is 11.8 Å². The Bertz CT molecular complexity index is 3690. The van der Waals surface area contributed by atoms with Crippen LogP contribution in [0.3, 0.4) is 0 Å². The molecule has 0 bridgehead atoms. The number of rotatable bonds is 8. The maximum Gasteiger partial charge on any atom is 0.233 e. The predicted octanol–water partition coefficient (Wildman–Crippen LogP) is 6.59. The predicted molar refractivity (Wildman–Crippen MR) is 288 cm³/mol. The van der Waals surface area contributed by atoms with Crippen LogP contribution in [0.25, 0.3) is 22.1 Å². The lowest BCUT2D eigenvalue weighted by molar-refractivity contribution is 0.102. The van der Waals surface area contributed by atoms with Crippen molar-refractivity contribution in [1.29, 1.82) is 0 Å². The molecule has 4 aliphatic rings. The highest BCUT2D eigenvalue weighted by molar-refractivity contribution is 7.94. The molecule has 4 aliphatic heterocycles. The van der Waals surface area contributed by atoms with Crippen molar-refractivity contribution in [1.82, 2.24) is 29.9 Å². The lowest BCUT2D eigenvalue weighted by Gasteiger charge is -2.44. The molecule has 2 aromatic carbocycles. The minimum atomic E-state index is -3.73. The highest BCUT2D eigenvalue weighted by Crippen LogP contribution is 2.52. The van der Waals surface area contributed by atoms with Crippen LogP contribution in [0.1, 0.15) is 86.3 Å². The zero-order valence-electron chi connectivity index (χ0n) is 43.0. The Kier molecular flexibility index (Phi) is 12.9. The second-order valence-electron chi connectivity index (χ2n) is 20.7. The van der Waals surface area contributed by atoms with E-state index >= 15 is 0 Å². The summed E-state index contributed by atoms with van der Waals surface area (Å²) in [5, 5.41) is 4.92. The summed E-state index contributed by atoms with van der Waals surface area (Å²) in [6, 6.07) is 14.4. The number of pyridine rings is 2. The van der Waals surface area contributed by atoms with Gasteiger partial charge in [0.15, 0.2) is 44.5 Å². The van der Waals surface area contributed by atoms with E-state index in [2.05, 4.69) is 52.4 Å². The fourth-order valence-corrected chi connectivity index (χ4v) is 14.7. The summed E-state index contributed by atoms with van der Waals surface area (Å²) in [6.07, 6.45) is 16.9. The number of sulfone groups is 2. The second kappa shape index (κ2) is 18.5. The summed E-state index contributed by atoms with van der Waals surface area (Å²) >= 11 is 0. The molecule has 8 heterocycles. The summed E-state index contributed by atoms with van der Waals surface area (Å²) < 4.78 is 75.9. The molecule has 10 rings (SSSR count). The van der Waals surface area contributed by atoms with Crippen molar-refractivity contribution in [3.05, 3.63) is 84.4 Å². The summed E-state index contributed by atoms with van der Waals surface area (Å²) in [7, 11) is -7.42. The summed E-state index contributed by atoms with van der Waals surface area (Å²) in [5.41, 5.74) is 14.3. The third kappa shape index (κ3) is 8.99. The number of aromatic nitrogens is 6. The van der Waals surface area contributed by atoms with Gasteiger partial charge >= 0.3 is 0 Å². The number of ether oxygens (including phenoxy) is 4. The maximum atomic E-state index is 13.9. The van der Waals surface area contributed by atoms with Crippen LogP contribution in [0.2, 0.25) is 0 Å². The Labute approximate surface area is 435 Å². The van der Waals surface area contributed by atoms with Crippen LogP contribution >= 0.6 is 0 Å². The maximum absolute atomic E-state index is 13.9. The first-order valence-electron chi connectivity index (χ1n) is 24.0. The lowest BCUT2D eigenvalue weighted by atomic mass is 9.84. The largest absolute Gasteiger partial charge is 0.490 e. The van der Waals surface area contributed by atoms with E-state index in [1.165, 1.54) is 12.4 Å². The summed E-state index contributed by atoms with van der Waals surface area (Å²) in [6.45, 7) is 15.9. The van der Waals surface area contributed by atoms with Crippen molar-refractivity contribution in [3.63, 3.8) is 0 Å². The highest BCUT2D eigenvalue weighted by Gasteiger charge is 2.60. The van der Waals surface area contributed by atoms with Crippen LogP contribution in [0, 0.1) is 24.7 Å². The van der Waals surface area contributed by atoms with E-state index in [0.29, 0.717) is 85.9 Å². The van der Waals surface area contributed by atoms with E-state index < -0.39 is 56.3 Å². The van der Waals surface area contributed by atoms with Crippen LogP contribution in [-0.2, 0) is 30.8 Å². The van der Waals surface area contributed by atoms with Crippen LogP contribution in [0.15, 0.2) is 83.3 Å². The van der Waals surface area contributed by atoms with Crippen LogP contribution in [0.4, 0.5) is 23.0 Å². The van der Waals surface area contributed by atoms with E-state index in [9.17, 15) is 16.8 Å². The molecule has 0 amide bonds. The molecule has 0 spiro atoms. The van der Waals surface area contributed by atoms with Crippen LogP contribution in [-0.4, -0.2) is 103 Å². The molecule has 0 saturated carbocycles. The highest BCUT2D eigenvalue weighted by atomic mass is 32.2. The third-order valence-corrected chi connectivity index (χ3v) is 20.4. The van der Waals surface area contributed by atoms with Crippen molar-refractivity contribution in [3.8, 4) is 47.9 Å². The smallest absolute Gasteiger partial charge is 0.233 e. The molecular weight excluding hydrogens is 997 g/mol.